The molecule has 132 valence electrons. The van der Waals surface area contributed by atoms with Crippen LogP contribution in [-0.2, 0) is 13.2 Å². The first-order chi connectivity index (χ1) is 12.3. The number of hydrogen-bond donors (Lipinski definition) is 3. The zero-order chi connectivity index (χ0) is 17.5. The molecule has 0 heterocycles. The first kappa shape index (κ1) is 17.3. The van der Waals surface area contributed by atoms with Gasteiger partial charge in [-0.1, -0.05) is 36.4 Å². The molecule has 1 saturated carbocycles. The van der Waals surface area contributed by atoms with Gasteiger partial charge in [0, 0.05) is 6.54 Å². The van der Waals surface area contributed by atoms with E-state index in [1.807, 2.05) is 48.5 Å². The largest absolute Gasteiger partial charge is 0.488 e. The van der Waals surface area contributed by atoms with Crippen LogP contribution >= 0.6 is 0 Å². The number of ether oxygens (including phenoxy) is 1. The molecule has 25 heavy (non-hydrogen) atoms. The molecule has 2 aromatic rings. The summed E-state index contributed by atoms with van der Waals surface area (Å²) in [7, 11) is 0. The van der Waals surface area contributed by atoms with Crippen molar-refractivity contribution in [3.63, 3.8) is 0 Å². The summed E-state index contributed by atoms with van der Waals surface area (Å²) in [6, 6.07) is 14.7. The molecule has 1 fully saturated rings. The highest BCUT2D eigenvalue weighted by Gasteiger charge is 2.18. The van der Waals surface area contributed by atoms with Crippen molar-refractivity contribution in [3.05, 3.63) is 59.7 Å². The van der Waals surface area contributed by atoms with Crippen molar-refractivity contribution < 1.29 is 14.6 Å². The van der Waals surface area contributed by atoms with Gasteiger partial charge in [0.25, 0.3) is 0 Å². The standard InChI is InChI=1S/C20H24N2O3/c23-14-16-8-2-1-7-15(16)13-21-20(24)22-18-11-5-6-12-19(18)25-17-9-3-4-10-17/h1-2,5-8,11-12,17,23H,3-4,9-10,13-14H2,(H2,21,22,24). The van der Waals surface area contributed by atoms with Crippen LogP contribution in [0.1, 0.15) is 36.8 Å². The summed E-state index contributed by atoms with van der Waals surface area (Å²) in [5, 5.41) is 15.0. The molecule has 2 amide bonds. The lowest BCUT2D eigenvalue weighted by Crippen LogP contribution is -2.29. The summed E-state index contributed by atoms with van der Waals surface area (Å²) >= 11 is 0. The molecule has 0 bridgehead atoms. The molecule has 0 saturated heterocycles. The van der Waals surface area contributed by atoms with E-state index in [1.165, 1.54) is 12.8 Å². The Bertz CT molecular complexity index is 712. The van der Waals surface area contributed by atoms with Crippen LogP contribution in [0.25, 0.3) is 0 Å². The van der Waals surface area contributed by atoms with Gasteiger partial charge in [-0.25, -0.2) is 4.79 Å². The normalized spacial score (nSPS) is 14.3. The van der Waals surface area contributed by atoms with E-state index in [2.05, 4.69) is 10.6 Å². The predicted molar refractivity (Wildman–Crippen MR) is 97.5 cm³/mol. The predicted octanol–water partition coefficient (Wildman–Crippen LogP) is 3.82. The Morgan fingerprint density at radius 1 is 1.04 bits per heavy atom. The van der Waals surface area contributed by atoms with Gasteiger partial charge in [0.2, 0.25) is 0 Å². The Kier molecular flexibility index (Phi) is 5.90. The van der Waals surface area contributed by atoms with Crippen LogP contribution in [0, 0.1) is 0 Å². The van der Waals surface area contributed by atoms with Gasteiger partial charge in [0.05, 0.1) is 18.4 Å². The molecule has 0 radical (unpaired) electrons. The molecule has 0 aliphatic heterocycles. The van der Waals surface area contributed by atoms with Gasteiger partial charge >= 0.3 is 6.03 Å². The summed E-state index contributed by atoms with van der Waals surface area (Å²) in [6.45, 7) is 0.311. The van der Waals surface area contributed by atoms with Gasteiger partial charge in [-0.05, 0) is 48.9 Å². The molecule has 0 unspecified atom stereocenters. The molecule has 2 aromatic carbocycles. The number of anilines is 1. The quantitative estimate of drug-likeness (QED) is 0.748. The van der Waals surface area contributed by atoms with E-state index in [-0.39, 0.29) is 18.7 Å². The minimum absolute atomic E-state index is 0.0441. The van der Waals surface area contributed by atoms with Gasteiger partial charge in [0.1, 0.15) is 5.75 Å². The summed E-state index contributed by atoms with van der Waals surface area (Å²) in [5.74, 6) is 0.709. The highest BCUT2D eigenvalue weighted by atomic mass is 16.5. The van der Waals surface area contributed by atoms with Crippen molar-refractivity contribution in [2.75, 3.05) is 5.32 Å². The number of amides is 2. The highest BCUT2D eigenvalue weighted by Crippen LogP contribution is 2.29. The maximum Gasteiger partial charge on any atom is 0.319 e. The average molecular weight is 340 g/mol. The van der Waals surface area contributed by atoms with Crippen LogP contribution in [0.5, 0.6) is 5.75 Å². The number of para-hydroxylation sites is 2. The maximum absolute atomic E-state index is 12.2. The van der Waals surface area contributed by atoms with E-state index in [1.54, 1.807) is 0 Å². The van der Waals surface area contributed by atoms with Crippen LogP contribution in [0.15, 0.2) is 48.5 Å². The summed E-state index contributed by atoms with van der Waals surface area (Å²) in [4.78, 5) is 12.2. The number of carbonyl (C=O) groups is 1. The first-order valence-electron chi connectivity index (χ1n) is 8.74. The fourth-order valence-electron chi connectivity index (χ4n) is 3.08. The lowest BCUT2D eigenvalue weighted by atomic mass is 10.1. The van der Waals surface area contributed by atoms with E-state index in [0.29, 0.717) is 18.0 Å². The minimum atomic E-state index is -0.296. The van der Waals surface area contributed by atoms with Crippen molar-refractivity contribution in [1.29, 1.82) is 0 Å². The van der Waals surface area contributed by atoms with Crippen LogP contribution in [0.4, 0.5) is 10.5 Å². The number of rotatable bonds is 6. The monoisotopic (exact) mass is 340 g/mol. The average Bonchev–Trinajstić information content (AvgIpc) is 3.15. The third-order valence-electron chi connectivity index (χ3n) is 4.46. The highest BCUT2D eigenvalue weighted by molar-refractivity contribution is 5.90. The number of hydrogen-bond acceptors (Lipinski definition) is 3. The van der Waals surface area contributed by atoms with E-state index in [4.69, 9.17) is 4.74 Å². The number of benzene rings is 2. The lowest BCUT2D eigenvalue weighted by molar-refractivity contribution is 0.211. The van der Waals surface area contributed by atoms with Crippen molar-refractivity contribution in [1.82, 2.24) is 5.32 Å². The van der Waals surface area contributed by atoms with Crippen LogP contribution in [-0.4, -0.2) is 17.2 Å². The molecule has 0 aromatic heterocycles. The molecular weight excluding hydrogens is 316 g/mol. The summed E-state index contributed by atoms with van der Waals surface area (Å²) < 4.78 is 6.03. The minimum Gasteiger partial charge on any atom is -0.488 e. The third-order valence-corrected chi connectivity index (χ3v) is 4.46. The number of nitrogens with one attached hydrogen (secondary N) is 2. The van der Waals surface area contributed by atoms with E-state index in [9.17, 15) is 9.90 Å². The number of aliphatic hydroxyl groups is 1. The first-order valence-corrected chi connectivity index (χ1v) is 8.74. The van der Waals surface area contributed by atoms with Gasteiger partial charge in [-0.3, -0.25) is 0 Å². The third kappa shape index (κ3) is 4.73. The Morgan fingerprint density at radius 2 is 1.72 bits per heavy atom. The molecule has 0 spiro atoms. The van der Waals surface area contributed by atoms with Gasteiger partial charge in [-0.2, -0.15) is 0 Å². The maximum atomic E-state index is 12.2. The smallest absolute Gasteiger partial charge is 0.319 e. The summed E-state index contributed by atoms with van der Waals surface area (Å²) in [5.41, 5.74) is 2.38. The van der Waals surface area contributed by atoms with E-state index in [0.717, 1.165) is 24.0 Å². The molecule has 5 nitrogen and oxygen atoms in total. The molecule has 3 N–H and O–H groups in total. The Morgan fingerprint density at radius 3 is 2.48 bits per heavy atom. The number of urea groups is 1. The molecule has 1 aliphatic rings. The van der Waals surface area contributed by atoms with Crippen LogP contribution < -0.4 is 15.4 Å². The van der Waals surface area contributed by atoms with Crippen molar-refractivity contribution in [2.45, 2.75) is 44.9 Å². The fourth-order valence-corrected chi connectivity index (χ4v) is 3.08. The van der Waals surface area contributed by atoms with Crippen molar-refractivity contribution >= 4 is 11.7 Å². The van der Waals surface area contributed by atoms with E-state index < -0.39 is 0 Å². The van der Waals surface area contributed by atoms with Crippen LogP contribution in [0.2, 0.25) is 0 Å². The van der Waals surface area contributed by atoms with Crippen LogP contribution in [0.3, 0.4) is 0 Å². The second kappa shape index (κ2) is 8.53. The fraction of sp³-hybridized carbons (Fsp3) is 0.350. The molecule has 5 heteroatoms. The Labute approximate surface area is 148 Å². The number of aliphatic hydroxyl groups excluding tert-OH is 1. The van der Waals surface area contributed by atoms with Crippen molar-refractivity contribution in [3.8, 4) is 5.75 Å². The Balaban J connectivity index is 1.59. The second-order valence-corrected chi connectivity index (χ2v) is 6.25. The molecule has 1 aliphatic carbocycles. The number of carbonyl (C=O) groups excluding carboxylic acids is 1. The molecular formula is C20H24N2O3. The summed E-state index contributed by atoms with van der Waals surface area (Å²) in [6.07, 6.45) is 4.77. The zero-order valence-corrected chi connectivity index (χ0v) is 14.2. The van der Waals surface area contributed by atoms with Gasteiger partial charge < -0.3 is 20.5 Å². The Hall–Kier alpha value is -2.53. The van der Waals surface area contributed by atoms with E-state index >= 15 is 0 Å². The second-order valence-electron chi connectivity index (χ2n) is 6.25. The SMILES string of the molecule is O=C(NCc1ccccc1CO)Nc1ccccc1OC1CCCC1. The van der Waals surface area contributed by atoms with Crippen molar-refractivity contribution in [2.24, 2.45) is 0 Å². The molecule has 3 rings (SSSR count). The lowest BCUT2D eigenvalue weighted by Gasteiger charge is -2.17. The van der Waals surface area contributed by atoms with Gasteiger partial charge in [-0.15, -0.1) is 0 Å². The zero-order valence-electron chi connectivity index (χ0n) is 14.2. The van der Waals surface area contributed by atoms with Gasteiger partial charge in [0.15, 0.2) is 0 Å². The molecule has 0 atom stereocenters. The topological polar surface area (TPSA) is 70.6 Å².